The predicted octanol–water partition coefficient (Wildman–Crippen LogP) is 1.55. The summed E-state index contributed by atoms with van der Waals surface area (Å²) in [5.41, 5.74) is 0.875. The summed E-state index contributed by atoms with van der Waals surface area (Å²) in [6.45, 7) is 3.03. The number of benzene rings is 1. The normalized spacial score (nSPS) is 22.1. The molecule has 0 spiro atoms. The third-order valence-electron chi connectivity index (χ3n) is 4.38. The van der Waals surface area contributed by atoms with Crippen LogP contribution in [0.15, 0.2) is 30.6 Å². The van der Waals surface area contributed by atoms with Gasteiger partial charge in [-0.3, -0.25) is 9.69 Å². The highest BCUT2D eigenvalue weighted by Crippen LogP contribution is 2.27. The third-order valence-corrected chi connectivity index (χ3v) is 4.61. The van der Waals surface area contributed by atoms with Crippen molar-refractivity contribution in [1.29, 1.82) is 0 Å². The fraction of sp³-hybridized carbons (Fsp3) is 0.400. The molecule has 22 heavy (non-hydrogen) atoms. The maximum absolute atomic E-state index is 12.8. The molecule has 2 aromatic rings. The van der Waals surface area contributed by atoms with E-state index in [2.05, 4.69) is 15.0 Å². The maximum Gasteiger partial charge on any atom is 0.244 e. The van der Waals surface area contributed by atoms with Crippen LogP contribution in [0.4, 0.5) is 5.69 Å². The first-order valence-corrected chi connectivity index (χ1v) is 7.78. The molecule has 1 aromatic heterocycles. The summed E-state index contributed by atoms with van der Waals surface area (Å²) >= 11 is 6.03. The Morgan fingerprint density at radius 2 is 2.14 bits per heavy atom. The SMILES string of the molecule is O=C1[C@H](N2CCn3ncnc3C2)CCN1c1cccc(Cl)c1. The molecule has 0 unspecified atom stereocenters. The molecule has 114 valence electrons. The number of aromatic nitrogens is 3. The molecule has 2 aliphatic heterocycles. The van der Waals surface area contributed by atoms with Crippen LogP contribution in [0.2, 0.25) is 5.02 Å². The molecule has 2 aliphatic rings. The lowest BCUT2D eigenvalue weighted by molar-refractivity contribution is -0.122. The molecule has 4 rings (SSSR count). The number of anilines is 1. The molecular weight excluding hydrogens is 302 g/mol. The molecular formula is C15H16ClN5O. The van der Waals surface area contributed by atoms with E-state index in [1.807, 2.05) is 33.8 Å². The number of rotatable bonds is 2. The van der Waals surface area contributed by atoms with Crippen LogP contribution in [0.3, 0.4) is 0 Å². The lowest BCUT2D eigenvalue weighted by Gasteiger charge is -2.30. The second-order valence-corrected chi connectivity index (χ2v) is 6.08. The van der Waals surface area contributed by atoms with Crippen LogP contribution in [0.25, 0.3) is 0 Å². The number of halogens is 1. The molecule has 0 saturated carbocycles. The van der Waals surface area contributed by atoms with Crippen LogP contribution in [0.5, 0.6) is 0 Å². The number of fused-ring (bicyclic) bond motifs is 1. The molecule has 6 nitrogen and oxygen atoms in total. The van der Waals surface area contributed by atoms with E-state index in [1.54, 1.807) is 6.33 Å². The monoisotopic (exact) mass is 317 g/mol. The van der Waals surface area contributed by atoms with Crippen molar-refractivity contribution < 1.29 is 4.79 Å². The zero-order valence-electron chi connectivity index (χ0n) is 12.0. The van der Waals surface area contributed by atoms with Crippen molar-refractivity contribution in [2.45, 2.75) is 25.6 Å². The lowest BCUT2D eigenvalue weighted by Crippen LogP contribution is -2.45. The van der Waals surface area contributed by atoms with Crippen LogP contribution in [-0.2, 0) is 17.9 Å². The Labute approximate surface area is 133 Å². The van der Waals surface area contributed by atoms with Crippen molar-refractivity contribution in [3.8, 4) is 0 Å². The fourth-order valence-corrected chi connectivity index (χ4v) is 3.44. The van der Waals surface area contributed by atoms with Crippen LogP contribution in [0, 0.1) is 0 Å². The van der Waals surface area contributed by atoms with Crippen LogP contribution in [-0.4, -0.2) is 44.7 Å². The number of hydrogen-bond donors (Lipinski definition) is 0. The molecule has 0 radical (unpaired) electrons. The molecule has 0 bridgehead atoms. The standard InChI is InChI=1S/C15H16ClN5O/c16-11-2-1-3-12(8-11)20-5-4-13(15(20)22)19-6-7-21-14(9-19)17-10-18-21/h1-3,8,10,13H,4-7,9H2/t13-/m1/s1. The highest BCUT2D eigenvalue weighted by molar-refractivity contribution is 6.30. The minimum absolute atomic E-state index is 0.0792. The molecule has 0 N–H and O–H groups in total. The van der Waals surface area contributed by atoms with Gasteiger partial charge in [0.2, 0.25) is 5.91 Å². The summed E-state index contributed by atoms with van der Waals surface area (Å²) in [5, 5.41) is 4.83. The average Bonchev–Trinajstić information content (AvgIpc) is 3.12. The van der Waals surface area contributed by atoms with Gasteiger partial charge in [-0.1, -0.05) is 17.7 Å². The van der Waals surface area contributed by atoms with Crippen molar-refractivity contribution in [2.24, 2.45) is 0 Å². The summed E-state index contributed by atoms with van der Waals surface area (Å²) in [6.07, 6.45) is 2.41. The first-order valence-electron chi connectivity index (χ1n) is 7.40. The summed E-state index contributed by atoms with van der Waals surface area (Å²) in [7, 11) is 0. The highest BCUT2D eigenvalue weighted by atomic mass is 35.5. The summed E-state index contributed by atoms with van der Waals surface area (Å²) in [5.74, 6) is 1.08. The van der Waals surface area contributed by atoms with E-state index in [0.29, 0.717) is 11.6 Å². The van der Waals surface area contributed by atoms with Gasteiger partial charge in [-0.05, 0) is 24.6 Å². The van der Waals surface area contributed by atoms with Gasteiger partial charge in [-0.25, -0.2) is 9.67 Å². The van der Waals surface area contributed by atoms with Crippen LogP contribution < -0.4 is 4.90 Å². The van der Waals surface area contributed by atoms with Gasteiger partial charge in [0, 0.05) is 23.8 Å². The fourth-order valence-electron chi connectivity index (χ4n) is 3.25. The van der Waals surface area contributed by atoms with E-state index < -0.39 is 0 Å². The molecule has 1 aromatic carbocycles. The summed E-state index contributed by atoms with van der Waals surface area (Å²) in [6, 6.07) is 7.39. The van der Waals surface area contributed by atoms with E-state index in [9.17, 15) is 4.79 Å². The average molecular weight is 318 g/mol. The largest absolute Gasteiger partial charge is 0.311 e. The van der Waals surface area contributed by atoms with Crippen molar-refractivity contribution in [1.82, 2.24) is 19.7 Å². The molecule has 1 saturated heterocycles. The second-order valence-electron chi connectivity index (χ2n) is 5.64. The molecule has 1 atom stereocenters. The van der Waals surface area contributed by atoms with E-state index in [-0.39, 0.29) is 11.9 Å². The van der Waals surface area contributed by atoms with E-state index in [4.69, 9.17) is 11.6 Å². The smallest absolute Gasteiger partial charge is 0.244 e. The molecule has 7 heteroatoms. The van der Waals surface area contributed by atoms with E-state index in [1.165, 1.54) is 0 Å². The minimum atomic E-state index is -0.0792. The van der Waals surface area contributed by atoms with Crippen molar-refractivity contribution >= 4 is 23.2 Å². The molecule has 1 amide bonds. The maximum atomic E-state index is 12.8. The van der Waals surface area contributed by atoms with E-state index >= 15 is 0 Å². The number of amides is 1. The van der Waals surface area contributed by atoms with Crippen molar-refractivity contribution in [3.63, 3.8) is 0 Å². The number of carbonyl (C=O) groups excluding carboxylic acids is 1. The summed E-state index contributed by atoms with van der Waals surface area (Å²) in [4.78, 5) is 21.1. The highest BCUT2D eigenvalue weighted by Gasteiger charge is 2.38. The Morgan fingerprint density at radius 3 is 3.00 bits per heavy atom. The summed E-state index contributed by atoms with van der Waals surface area (Å²) < 4.78 is 1.91. The zero-order chi connectivity index (χ0) is 15.1. The third kappa shape index (κ3) is 2.28. The Bertz CT molecular complexity index is 715. The van der Waals surface area contributed by atoms with Gasteiger partial charge >= 0.3 is 0 Å². The Kier molecular flexibility index (Phi) is 3.35. The van der Waals surface area contributed by atoms with Gasteiger partial charge in [-0.2, -0.15) is 5.10 Å². The predicted molar refractivity (Wildman–Crippen MR) is 82.6 cm³/mol. The minimum Gasteiger partial charge on any atom is -0.311 e. The van der Waals surface area contributed by atoms with Crippen molar-refractivity contribution in [2.75, 3.05) is 18.0 Å². The van der Waals surface area contributed by atoms with Gasteiger partial charge in [0.25, 0.3) is 0 Å². The Hall–Kier alpha value is -1.92. The van der Waals surface area contributed by atoms with Gasteiger partial charge < -0.3 is 4.90 Å². The first kappa shape index (κ1) is 13.7. The number of hydrogen-bond acceptors (Lipinski definition) is 4. The second kappa shape index (κ2) is 5.37. The van der Waals surface area contributed by atoms with Gasteiger partial charge in [0.1, 0.15) is 12.2 Å². The van der Waals surface area contributed by atoms with E-state index in [0.717, 1.165) is 37.6 Å². The van der Waals surface area contributed by atoms with Crippen LogP contribution >= 0.6 is 11.6 Å². The zero-order valence-corrected chi connectivity index (χ0v) is 12.8. The topological polar surface area (TPSA) is 54.3 Å². The Balaban J connectivity index is 1.52. The number of nitrogens with zero attached hydrogens (tertiary/aromatic N) is 5. The first-order chi connectivity index (χ1) is 10.7. The number of carbonyl (C=O) groups is 1. The quantitative estimate of drug-likeness (QED) is 0.843. The van der Waals surface area contributed by atoms with Crippen LogP contribution in [0.1, 0.15) is 12.2 Å². The molecule has 1 fully saturated rings. The molecule has 3 heterocycles. The Morgan fingerprint density at radius 1 is 1.23 bits per heavy atom. The van der Waals surface area contributed by atoms with Crippen molar-refractivity contribution in [3.05, 3.63) is 41.4 Å². The molecule has 0 aliphatic carbocycles. The van der Waals surface area contributed by atoms with Gasteiger partial charge in [0.05, 0.1) is 19.1 Å². The van der Waals surface area contributed by atoms with Gasteiger partial charge in [-0.15, -0.1) is 0 Å². The van der Waals surface area contributed by atoms with Gasteiger partial charge in [0.15, 0.2) is 0 Å². The lowest BCUT2D eigenvalue weighted by atomic mass is 10.2.